The predicted molar refractivity (Wildman–Crippen MR) is 51.4 cm³/mol. The SMILES string of the molecule is CNCCc1ccc(NOO)cc1. The summed E-state index contributed by atoms with van der Waals surface area (Å²) in [7, 11) is 1.93. The molecule has 0 fully saturated rings. The summed E-state index contributed by atoms with van der Waals surface area (Å²) < 4.78 is 0. The highest BCUT2D eigenvalue weighted by Crippen LogP contribution is 2.09. The molecule has 0 radical (unpaired) electrons. The zero-order valence-electron chi connectivity index (χ0n) is 7.58. The fraction of sp³-hybridized carbons (Fsp3) is 0.333. The first-order valence-electron chi connectivity index (χ1n) is 4.17. The van der Waals surface area contributed by atoms with E-state index in [1.165, 1.54) is 5.56 Å². The van der Waals surface area contributed by atoms with Gasteiger partial charge in [0.15, 0.2) is 0 Å². The van der Waals surface area contributed by atoms with Crippen LogP contribution in [0.25, 0.3) is 0 Å². The molecule has 13 heavy (non-hydrogen) atoms. The van der Waals surface area contributed by atoms with Crippen LogP contribution < -0.4 is 10.8 Å². The Bertz CT molecular complexity index is 236. The van der Waals surface area contributed by atoms with Crippen molar-refractivity contribution in [1.82, 2.24) is 5.32 Å². The van der Waals surface area contributed by atoms with Gasteiger partial charge in [-0.2, -0.15) is 0 Å². The van der Waals surface area contributed by atoms with Crippen LogP contribution in [0.2, 0.25) is 0 Å². The lowest BCUT2D eigenvalue weighted by Crippen LogP contribution is -2.10. The van der Waals surface area contributed by atoms with Gasteiger partial charge in [-0.3, -0.25) is 0 Å². The molecular weight excluding hydrogens is 168 g/mol. The topological polar surface area (TPSA) is 53.5 Å². The molecule has 0 amide bonds. The molecule has 0 aromatic heterocycles. The maximum absolute atomic E-state index is 8.11. The molecule has 0 unspecified atom stereocenters. The fourth-order valence-electron chi connectivity index (χ4n) is 1.06. The standard InChI is InChI=1S/C9H14N2O2/c1-10-7-6-8-2-4-9(5-3-8)11-13-12/h2-5,10-12H,6-7H2,1H3. The van der Waals surface area contributed by atoms with Crippen LogP contribution in [0.15, 0.2) is 24.3 Å². The molecule has 1 rings (SSSR count). The van der Waals surface area contributed by atoms with E-state index in [2.05, 4.69) is 15.8 Å². The van der Waals surface area contributed by atoms with Crippen molar-refractivity contribution in [1.29, 1.82) is 0 Å². The van der Waals surface area contributed by atoms with Crippen LogP contribution in [0, 0.1) is 0 Å². The van der Waals surface area contributed by atoms with Crippen LogP contribution in [-0.2, 0) is 11.4 Å². The molecule has 4 nitrogen and oxygen atoms in total. The van der Waals surface area contributed by atoms with Crippen molar-refractivity contribution in [3.8, 4) is 0 Å². The lowest BCUT2D eigenvalue weighted by molar-refractivity contribution is -0.215. The van der Waals surface area contributed by atoms with E-state index in [1.54, 1.807) is 0 Å². The lowest BCUT2D eigenvalue weighted by Gasteiger charge is -2.03. The van der Waals surface area contributed by atoms with E-state index in [0.717, 1.165) is 18.7 Å². The Morgan fingerprint density at radius 2 is 2.00 bits per heavy atom. The molecule has 0 heterocycles. The number of rotatable bonds is 5. The third kappa shape index (κ3) is 3.42. The smallest absolute Gasteiger partial charge is 0.0634 e. The highest BCUT2D eigenvalue weighted by molar-refractivity contribution is 5.42. The van der Waals surface area contributed by atoms with E-state index in [9.17, 15) is 0 Å². The van der Waals surface area contributed by atoms with Gasteiger partial charge >= 0.3 is 0 Å². The van der Waals surface area contributed by atoms with Crippen molar-refractivity contribution >= 4 is 5.69 Å². The van der Waals surface area contributed by atoms with Crippen molar-refractivity contribution in [2.45, 2.75) is 6.42 Å². The molecule has 1 aromatic rings. The van der Waals surface area contributed by atoms with Gasteiger partial charge in [0.2, 0.25) is 0 Å². The second kappa shape index (κ2) is 5.53. The van der Waals surface area contributed by atoms with Gasteiger partial charge in [0.25, 0.3) is 0 Å². The highest BCUT2D eigenvalue weighted by atomic mass is 17.2. The molecule has 0 spiro atoms. The molecule has 0 atom stereocenters. The van der Waals surface area contributed by atoms with Crippen LogP contribution in [0.3, 0.4) is 0 Å². The van der Waals surface area contributed by atoms with Gasteiger partial charge in [-0.1, -0.05) is 12.1 Å². The van der Waals surface area contributed by atoms with Crippen molar-refractivity contribution in [3.63, 3.8) is 0 Å². The summed E-state index contributed by atoms with van der Waals surface area (Å²) in [5.74, 6) is 0. The average molecular weight is 182 g/mol. The van der Waals surface area contributed by atoms with Gasteiger partial charge in [0.05, 0.1) is 5.69 Å². The van der Waals surface area contributed by atoms with Crippen LogP contribution >= 0.6 is 0 Å². The van der Waals surface area contributed by atoms with Gasteiger partial charge in [-0.05, 0) is 37.7 Å². The first-order chi connectivity index (χ1) is 6.36. The Morgan fingerprint density at radius 3 is 2.54 bits per heavy atom. The summed E-state index contributed by atoms with van der Waals surface area (Å²) in [5, 5.41) is 11.2. The van der Waals surface area contributed by atoms with Crippen molar-refractivity contribution in [2.24, 2.45) is 0 Å². The third-order valence-corrected chi connectivity index (χ3v) is 1.78. The number of anilines is 1. The quantitative estimate of drug-likeness (QED) is 0.474. The normalized spacial score (nSPS) is 10.0. The van der Waals surface area contributed by atoms with Crippen molar-refractivity contribution < 1.29 is 10.2 Å². The Hall–Kier alpha value is -1.10. The Labute approximate surface area is 77.4 Å². The van der Waals surface area contributed by atoms with Gasteiger partial charge in [0.1, 0.15) is 0 Å². The van der Waals surface area contributed by atoms with E-state index in [4.69, 9.17) is 5.26 Å². The molecule has 0 aliphatic heterocycles. The predicted octanol–water partition coefficient (Wildman–Crippen LogP) is 1.26. The largest absolute Gasteiger partial charge is 0.319 e. The number of benzene rings is 1. The zero-order chi connectivity index (χ0) is 9.52. The Morgan fingerprint density at radius 1 is 1.31 bits per heavy atom. The summed E-state index contributed by atoms with van der Waals surface area (Å²) in [4.78, 5) is 3.79. The maximum Gasteiger partial charge on any atom is 0.0634 e. The second-order valence-electron chi connectivity index (χ2n) is 2.74. The second-order valence-corrected chi connectivity index (χ2v) is 2.74. The van der Waals surface area contributed by atoms with Gasteiger partial charge in [-0.25, -0.2) is 10.7 Å². The molecule has 0 aliphatic rings. The van der Waals surface area contributed by atoms with Crippen LogP contribution in [0.4, 0.5) is 5.69 Å². The molecular formula is C9H14N2O2. The summed E-state index contributed by atoms with van der Waals surface area (Å²) in [5.41, 5.74) is 4.31. The Balaban J connectivity index is 2.48. The molecule has 72 valence electrons. The molecule has 0 bridgehead atoms. The Kier molecular flexibility index (Phi) is 4.25. The molecule has 0 aliphatic carbocycles. The first-order valence-corrected chi connectivity index (χ1v) is 4.17. The number of hydrogen-bond acceptors (Lipinski definition) is 4. The lowest BCUT2D eigenvalue weighted by atomic mass is 10.1. The summed E-state index contributed by atoms with van der Waals surface area (Å²) in [6, 6.07) is 7.67. The van der Waals surface area contributed by atoms with Crippen molar-refractivity contribution in [3.05, 3.63) is 29.8 Å². The van der Waals surface area contributed by atoms with E-state index in [-0.39, 0.29) is 0 Å². The summed E-state index contributed by atoms with van der Waals surface area (Å²) in [6.45, 7) is 0.962. The molecule has 4 heteroatoms. The average Bonchev–Trinajstić information content (AvgIpc) is 2.17. The van der Waals surface area contributed by atoms with Gasteiger partial charge < -0.3 is 5.32 Å². The number of likely N-dealkylation sites (N-methyl/N-ethyl adjacent to an activating group) is 1. The minimum atomic E-state index is 0.732. The maximum atomic E-state index is 8.11. The van der Waals surface area contributed by atoms with E-state index in [0.29, 0.717) is 0 Å². The highest BCUT2D eigenvalue weighted by Gasteiger charge is 1.93. The fourth-order valence-corrected chi connectivity index (χ4v) is 1.06. The van der Waals surface area contributed by atoms with E-state index in [1.807, 2.05) is 31.3 Å². The van der Waals surface area contributed by atoms with Crippen molar-refractivity contribution in [2.75, 3.05) is 19.1 Å². The molecule has 1 aromatic carbocycles. The molecule has 0 saturated heterocycles. The monoisotopic (exact) mass is 182 g/mol. The van der Waals surface area contributed by atoms with Gasteiger partial charge in [0, 0.05) is 0 Å². The van der Waals surface area contributed by atoms with Crippen LogP contribution in [0.1, 0.15) is 5.56 Å². The van der Waals surface area contributed by atoms with E-state index < -0.39 is 0 Å². The zero-order valence-corrected chi connectivity index (χ0v) is 7.58. The third-order valence-electron chi connectivity index (χ3n) is 1.78. The van der Waals surface area contributed by atoms with Crippen LogP contribution in [-0.4, -0.2) is 18.8 Å². The summed E-state index contributed by atoms with van der Waals surface area (Å²) >= 11 is 0. The van der Waals surface area contributed by atoms with E-state index >= 15 is 0 Å². The van der Waals surface area contributed by atoms with Gasteiger partial charge in [-0.15, -0.1) is 4.99 Å². The first kappa shape index (κ1) is 9.98. The summed E-state index contributed by atoms with van der Waals surface area (Å²) in [6.07, 6.45) is 0.997. The molecule has 3 N–H and O–H groups in total. The molecule has 0 saturated carbocycles. The minimum Gasteiger partial charge on any atom is -0.319 e. The minimum absolute atomic E-state index is 0.732. The number of nitrogens with one attached hydrogen (secondary N) is 2. The van der Waals surface area contributed by atoms with Crippen LogP contribution in [0.5, 0.6) is 0 Å². The number of hydrogen-bond donors (Lipinski definition) is 3.